The Kier molecular flexibility index (Phi) is 5.34. The molecule has 0 aliphatic carbocycles. The van der Waals surface area contributed by atoms with Crippen LogP contribution in [0.25, 0.3) is 0 Å². The van der Waals surface area contributed by atoms with Crippen LogP contribution in [-0.4, -0.2) is 6.54 Å². The van der Waals surface area contributed by atoms with Crippen LogP contribution in [0.1, 0.15) is 54.5 Å². The average Bonchev–Trinajstić information content (AvgIpc) is 2.52. The molecule has 0 fully saturated rings. The second-order valence-corrected chi connectivity index (χ2v) is 5.44. The van der Waals surface area contributed by atoms with E-state index in [0.29, 0.717) is 6.04 Å². The van der Waals surface area contributed by atoms with E-state index in [-0.39, 0.29) is 0 Å². The fraction of sp³-hybridized carbons (Fsp3) is 0.692. The lowest BCUT2D eigenvalue weighted by molar-refractivity contribution is 0.500. The molecule has 0 aliphatic rings. The first kappa shape index (κ1) is 12.7. The fourth-order valence-electron chi connectivity index (χ4n) is 1.99. The monoisotopic (exact) mass is 225 g/mol. The lowest BCUT2D eigenvalue weighted by Crippen LogP contribution is -2.20. The van der Waals surface area contributed by atoms with E-state index in [1.54, 1.807) is 4.88 Å². The van der Waals surface area contributed by atoms with Gasteiger partial charge in [-0.2, -0.15) is 0 Å². The van der Waals surface area contributed by atoms with Crippen molar-refractivity contribution in [2.24, 2.45) is 0 Å². The van der Waals surface area contributed by atoms with E-state index in [0.717, 1.165) is 6.54 Å². The highest BCUT2D eigenvalue weighted by Crippen LogP contribution is 2.30. The van der Waals surface area contributed by atoms with Crippen LogP contribution in [0, 0.1) is 13.8 Å². The molecule has 86 valence electrons. The van der Waals surface area contributed by atoms with E-state index >= 15 is 0 Å². The van der Waals surface area contributed by atoms with Gasteiger partial charge in [0.25, 0.3) is 0 Å². The van der Waals surface area contributed by atoms with Crippen LogP contribution in [0.4, 0.5) is 0 Å². The number of aryl methyl sites for hydroxylation is 2. The minimum absolute atomic E-state index is 0.577. The van der Waals surface area contributed by atoms with Gasteiger partial charge in [0.15, 0.2) is 0 Å². The van der Waals surface area contributed by atoms with Gasteiger partial charge in [0, 0.05) is 15.8 Å². The van der Waals surface area contributed by atoms with Gasteiger partial charge in [0.05, 0.1) is 0 Å². The van der Waals surface area contributed by atoms with Crippen LogP contribution in [0.5, 0.6) is 0 Å². The summed E-state index contributed by atoms with van der Waals surface area (Å²) in [5.41, 5.74) is 1.46. The fourth-order valence-corrected chi connectivity index (χ4v) is 3.13. The number of rotatable bonds is 6. The molecule has 1 heterocycles. The maximum atomic E-state index is 3.60. The predicted molar refractivity (Wildman–Crippen MR) is 69.7 cm³/mol. The summed E-state index contributed by atoms with van der Waals surface area (Å²) in [6.07, 6.45) is 3.87. The summed E-state index contributed by atoms with van der Waals surface area (Å²) < 4.78 is 0. The van der Waals surface area contributed by atoms with Gasteiger partial charge in [-0.1, -0.05) is 26.7 Å². The molecule has 0 amide bonds. The predicted octanol–water partition coefficient (Wildman–Crippen LogP) is 4.21. The van der Waals surface area contributed by atoms with Gasteiger partial charge >= 0.3 is 0 Å². The molecule has 1 aromatic heterocycles. The van der Waals surface area contributed by atoms with E-state index in [1.165, 1.54) is 29.7 Å². The minimum Gasteiger partial charge on any atom is -0.310 e. The zero-order chi connectivity index (χ0) is 11.3. The van der Waals surface area contributed by atoms with Crippen molar-refractivity contribution in [1.29, 1.82) is 0 Å². The topological polar surface area (TPSA) is 12.0 Å². The molecule has 1 N–H and O–H groups in total. The van der Waals surface area contributed by atoms with Gasteiger partial charge < -0.3 is 5.32 Å². The Hall–Kier alpha value is -0.340. The zero-order valence-electron chi connectivity index (χ0n) is 10.4. The Bertz CT molecular complexity index is 291. The minimum atomic E-state index is 0.577. The maximum Gasteiger partial charge on any atom is 0.0417 e. The molecule has 0 bridgehead atoms. The number of unbranched alkanes of at least 4 members (excludes halogenated alkanes) is 1. The summed E-state index contributed by atoms with van der Waals surface area (Å²) in [5.74, 6) is 0. The van der Waals surface area contributed by atoms with Crippen LogP contribution < -0.4 is 5.32 Å². The molecule has 1 unspecified atom stereocenters. The Balaban J connectivity index is 2.73. The van der Waals surface area contributed by atoms with Crippen molar-refractivity contribution in [1.82, 2.24) is 5.32 Å². The summed E-state index contributed by atoms with van der Waals surface area (Å²) in [5, 5.41) is 3.60. The van der Waals surface area contributed by atoms with Crippen molar-refractivity contribution in [2.75, 3.05) is 6.54 Å². The van der Waals surface area contributed by atoms with Crippen molar-refractivity contribution >= 4 is 11.3 Å². The second kappa shape index (κ2) is 6.29. The molecule has 1 aromatic rings. The van der Waals surface area contributed by atoms with Crippen LogP contribution in [0.15, 0.2) is 6.07 Å². The van der Waals surface area contributed by atoms with Gasteiger partial charge in [0.1, 0.15) is 0 Å². The molecule has 0 spiro atoms. The first-order valence-electron chi connectivity index (χ1n) is 5.99. The highest BCUT2D eigenvalue weighted by Gasteiger charge is 2.14. The highest BCUT2D eigenvalue weighted by atomic mass is 32.1. The first-order valence-corrected chi connectivity index (χ1v) is 6.81. The average molecular weight is 225 g/mol. The number of thiophene rings is 1. The van der Waals surface area contributed by atoms with Gasteiger partial charge in [-0.15, -0.1) is 11.3 Å². The molecule has 1 nitrogen and oxygen atoms in total. The van der Waals surface area contributed by atoms with Gasteiger partial charge in [0.2, 0.25) is 0 Å². The zero-order valence-corrected chi connectivity index (χ0v) is 11.2. The standard InChI is InChI=1S/C13H23NS/c1-5-7-8-12(14-6-2)13-10(3)9-11(4)15-13/h9,12,14H,5-8H2,1-4H3. The number of hydrogen-bond acceptors (Lipinski definition) is 2. The molecule has 0 radical (unpaired) electrons. The SMILES string of the molecule is CCCCC(NCC)c1sc(C)cc1C. The molecular formula is C13H23NS. The lowest BCUT2D eigenvalue weighted by atomic mass is 10.1. The maximum absolute atomic E-state index is 3.60. The van der Waals surface area contributed by atoms with E-state index < -0.39 is 0 Å². The molecule has 0 saturated heterocycles. The first-order chi connectivity index (χ1) is 7.19. The Morgan fingerprint density at radius 2 is 2.07 bits per heavy atom. The molecule has 0 saturated carbocycles. The van der Waals surface area contributed by atoms with Gasteiger partial charge in [-0.05, 0) is 38.4 Å². The number of hydrogen-bond donors (Lipinski definition) is 1. The van der Waals surface area contributed by atoms with Gasteiger partial charge in [-0.3, -0.25) is 0 Å². The van der Waals surface area contributed by atoms with E-state index in [9.17, 15) is 0 Å². The normalized spacial score (nSPS) is 13.1. The van der Waals surface area contributed by atoms with Gasteiger partial charge in [-0.25, -0.2) is 0 Å². The smallest absolute Gasteiger partial charge is 0.0417 e. The van der Waals surface area contributed by atoms with Crippen LogP contribution in [0.2, 0.25) is 0 Å². The van der Waals surface area contributed by atoms with Crippen LogP contribution in [0.3, 0.4) is 0 Å². The molecule has 15 heavy (non-hydrogen) atoms. The summed E-state index contributed by atoms with van der Waals surface area (Å²) in [7, 11) is 0. The Morgan fingerprint density at radius 1 is 1.33 bits per heavy atom. The quantitative estimate of drug-likeness (QED) is 0.765. The molecular weight excluding hydrogens is 202 g/mol. The Morgan fingerprint density at radius 3 is 2.53 bits per heavy atom. The number of nitrogens with one attached hydrogen (secondary N) is 1. The second-order valence-electron chi connectivity index (χ2n) is 4.16. The summed E-state index contributed by atoms with van der Waals surface area (Å²) in [6, 6.07) is 2.88. The van der Waals surface area contributed by atoms with E-state index in [4.69, 9.17) is 0 Å². The molecule has 1 atom stereocenters. The summed E-state index contributed by atoms with van der Waals surface area (Å²) in [6.45, 7) is 9.94. The van der Waals surface area contributed by atoms with Crippen LogP contribution in [-0.2, 0) is 0 Å². The largest absolute Gasteiger partial charge is 0.310 e. The van der Waals surface area contributed by atoms with Crippen molar-refractivity contribution in [3.05, 3.63) is 21.4 Å². The van der Waals surface area contributed by atoms with Crippen molar-refractivity contribution in [2.45, 2.75) is 53.0 Å². The third-order valence-electron chi connectivity index (χ3n) is 2.69. The molecule has 1 rings (SSSR count). The summed E-state index contributed by atoms with van der Waals surface area (Å²) in [4.78, 5) is 2.98. The van der Waals surface area contributed by atoms with Crippen molar-refractivity contribution in [3.8, 4) is 0 Å². The molecule has 0 aromatic carbocycles. The molecule has 0 aliphatic heterocycles. The van der Waals surface area contributed by atoms with Crippen LogP contribution >= 0.6 is 11.3 Å². The Labute approximate surface area is 97.9 Å². The van der Waals surface area contributed by atoms with Crippen molar-refractivity contribution < 1.29 is 0 Å². The lowest BCUT2D eigenvalue weighted by Gasteiger charge is -2.17. The van der Waals surface area contributed by atoms with E-state index in [2.05, 4.69) is 39.1 Å². The van der Waals surface area contributed by atoms with E-state index in [1.807, 2.05) is 11.3 Å². The molecule has 2 heteroatoms. The summed E-state index contributed by atoms with van der Waals surface area (Å²) >= 11 is 1.95. The third kappa shape index (κ3) is 3.62. The third-order valence-corrected chi connectivity index (χ3v) is 3.96. The highest BCUT2D eigenvalue weighted by molar-refractivity contribution is 7.12. The van der Waals surface area contributed by atoms with Crippen molar-refractivity contribution in [3.63, 3.8) is 0 Å².